The van der Waals surface area contributed by atoms with Crippen molar-refractivity contribution in [2.75, 3.05) is 6.54 Å². The zero-order chi connectivity index (χ0) is 13.5. The average Bonchev–Trinajstić information content (AvgIpc) is 2.37. The van der Waals surface area contributed by atoms with Gasteiger partial charge in [-0.25, -0.2) is 4.39 Å². The second-order valence-corrected chi connectivity index (χ2v) is 4.20. The Morgan fingerprint density at radius 3 is 2.89 bits per heavy atom. The van der Waals surface area contributed by atoms with E-state index in [0.29, 0.717) is 5.56 Å². The van der Waals surface area contributed by atoms with Crippen LogP contribution in [-0.4, -0.2) is 12.5 Å². The minimum absolute atomic E-state index is 0.0460. The monoisotopic (exact) mass is 308 g/mol. The number of benzene rings is 1. The van der Waals surface area contributed by atoms with Crippen LogP contribution in [0.15, 0.2) is 40.9 Å². The van der Waals surface area contributed by atoms with E-state index in [9.17, 15) is 9.18 Å². The smallest absolute Gasteiger partial charge is 0.262 e. The van der Waals surface area contributed by atoms with Crippen LogP contribution in [0.1, 0.15) is 5.56 Å². The predicted molar refractivity (Wildman–Crippen MR) is 70.9 cm³/mol. The van der Waals surface area contributed by atoms with Gasteiger partial charge in [-0.2, -0.15) is 5.26 Å². The summed E-state index contributed by atoms with van der Waals surface area (Å²) in [6.45, 7) is 3.74. The van der Waals surface area contributed by atoms with E-state index >= 15 is 0 Å². The molecule has 1 amide bonds. The zero-order valence-corrected chi connectivity index (χ0v) is 11.0. The Bertz CT molecular complexity index is 546. The molecule has 0 heterocycles. The Balaban J connectivity index is 2.97. The minimum atomic E-state index is -0.488. The van der Waals surface area contributed by atoms with Gasteiger partial charge in [0.2, 0.25) is 0 Å². The van der Waals surface area contributed by atoms with Crippen LogP contribution in [0.5, 0.6) is 0 Å². The first-order valence-electron chi connectivity index (χ1n) is 5.04. The van der Waals surface area contributed by atoms with Crippen LogP contribution >= 0.6 is 15.9 Å². The summed E-state index contributed by atoms with van der Waals surface area (Å²) < 4.78 is 13.3. The van der Waals surface area contributed by atoms with Crippen molar-refractivity contribution >= 4 is 27.9 Å². The largest absolute Gasteiger partial charge is 0.348 e. The van der Waals surface area contributed by atoms with Gasteiger partial charge >= 0.3 is 0 Å². The molecule has 0 radical (unpaired) electrons. The number of halogens is 2. The molecule has 0 atom stereocenters. The number of nitrogens with one attached hydrogen (secondary N) is 1. The summed E-state index contributed by atoms with van der Waals surface area (Å²) in [4.78, 5) is 11.6. The zero-order valence-electron chi connectivity index (χ0n) is 9.41. The molecular formula is C13H10BrFN2O. The highest BCUT2D eigenvalue weighted by Crippen LogP contribution is 2.18. The molecule has 0 aliphatic carbocycles. The molecule has 0 aliphatic rings. The standard InChI is InChI=1S/C13H10BrFN2O/c1-2-5-17-13(18)10(8-16)6-9-3-4-12(15)11(14)7-9/h2-4,6-7H,1,5H2,(H,17,18)/b10-6+. The van der Waals surface area contributed by atoms with E-state index in [4.69, 9.17) is 5.26 Å². The maximum Gasteiger partial charge on any atom is 0.262 e. The maximum atomic E-state index is 13.0. The van der Waals surface area contributed by atoms with Crippen LogP contribution in [0, 0.1) is 17.1 Å². The number of nitriles is 1. The molecule has 0 spiro atoms. The normalized spacial score (nSPS) is 10.6. The van der Waals surface area contributed by atoms with E-state index in [1.165, 1.54) is 30.4 Å². The molecular weight excluding hydrogens is 299 g/mol. The lowest BCUT2D eigenvalue weighted by Gasteiger charge is -2.01. The van der Waals surface area contributed by atoms with Crippen molar-refractivity contribution in [3.05, 3.63) is 52.3 Å². The molecule has 1 rings (SSSR count). The van der Waals surface area contributed by atoms with Gasteiger partial charge in [0.25, 0.3) is 5.91 Å². The molecule has 1 aromatic carbocycles. The lowest BCUT2D eigenvalue weighted by molar-refractivity contribution is -0.116. The number of nitrogens with zero attached hydrogens (tertiary/aromatic N) is 1. The summed E-state index contributed by atoms with van der Waals surface area (Å²) in [6.07, 6.45) is 2.91. The molecule has 1 N–H and O–H groups in total. The number of carbonyl (C=O) groups excluding carboxylic acids is 1. The third kappa shape index (κ3) is 3.82. The third-order valence-electron chi connectivity index (χ3n) is 2.03. The Labute approximate surface area is 113 Å². The fourth-order valence-corrected chi connectivity index (χ4v) is 1.57. The van der Waals surface area contributed by atoms with Gasteiger partial charge in [0, 0.05) is 6.54 Å². The molecule has 3 nitrogen and oxygen atoms in total. The summed E-state index contributed by atoms with van der Waals surface area (Å²) in [5.74, 6) is -0.889. The van der Waals surface area contributed by atoms with Gasteiger partial charge in [0.1, 0.15) is 17.5 Å². The highest BCUT2D eigenvalue weighted by atomic mass is 79.9. The van der Waals surface area contributed by atoms with Crippen molar-refractivity contribution in [1.29, 1.82) is 5.26 Å². The lowest BCUT2D eigenvalue weighted by Crippen LogP contribution is -2.24. The van der Waals surface area contributed by atoms with Crippen LogP contribution in [-0.2, 0) is 4.79 Å². The topological polar surface area (TPSA) is 52.9 Å². The first-order valence-corrected chi connectivity index (χ1v) is 5.83. The van der Waals surface area contributed by atoms with Crippen molar-refractivity contribution in [2.24, 2.45) is 0 Å². The van der Waals surface area contributed by atoms with Crippen molar-refractivity contribution < 1.29 is 9.18 Å². The lowest BCUT2D eigenvalue weighted by atomic mass is 10.1. The number of hydrogen-bond donors (Lipinski definition) is 1. The van der Waals surface area contributed by atoms with Crippen molar-refractivity contribution in [1.82, 2.24) is 5.32 Å². The van der Waals surface area contributed by atoms with Gasteiger partial charge in [-0.3, -0.25) is 4.79 Å². The van der Waals surface area contributed by atoms with Gasteiger partial charge < -0.3 is 5.32 Å². The van der Waals surface area contributed by atoms with Gasteiger partial charge in [-0.15, -0.1) is 6.58 Å². The van der Waals surface area contributed by atoms with Crippen LogP contribution in [0.4, 0.5) is 4.39 Å². The first kappa shape index (κ1) is 14.1. The molecule has 0 aliphatic heterocycles. The Kier molecular flexibility index (Phi) is 5.28. The molecule has 5 heteroatoms. The summed E-state index contributed by atoms with van der Waals surface area (Å²) in [5, 5.41) is 11.4. The van der Waals surface area contributed by atoms with E-state index in [-0.39, 0.29) is 16.6 Å². The van der Waals surface area contributed by atoms with Crippen molar-refractivity contribution in [2.45, 2.75) is 0 Å². The summed E-state index contributed by atoms with van der Waals surface area (Å²) in [5.41, 5.74) is 0.518. The quantitative estimate of drug-likeness (QED) is 0.528. The van der Waals surface area contributed by atoms with E-state index < -0.39 is 11.7 Å². The van der Waals surface area contributed by atoms with Crippen LogP contribution in [0.3, 0.4) is 0 Å². The highest BCUT2D eigenvalue weighted by Gasteiger charge is 2.08. The van der Waals surface area contributed by atoms with Crippen molar-refractivity contribution in [3.63, 3.8) is 0 Å². The SMILES string of the molecule is C=CCNC(=O)/C(C#N)=C/c1ccc(F)c(Br)c1. The summed E-state index contributed by atoms with van der Waals surface area (Å²) >= 11 is 3.04. The van der Waals surface area contributed by atoms with E-state index in [1.807, 2.05) is 0 Å². The number of amides is 1. The molecule has 92 valence electrons. The third-order valence-corrected chi connectivity index (χ3v) is 2.63. The molecule has 0 aromatic heterocycles. The summed E-state index contributed by atoms with van der Waals surface area (Å²) in [6, 6.07) is 6.03. The fraction of sp³-hybridized carbons (Fsp3) is 0.0769. The average molecular weight is 309 g/mol. The van der Waals surface area contributed by atoms with Crippen LogP contribution in [0.2, 0.25) is 0 Å². The number of carbonyl (C=O) groups is 1. The Morgan fingerprint density at radius 1 is 1.61 bits per heavy atom. The molecule has 0 saturated heterocycles. The minimum Gasteiger partial charge on any atom is -0.348 e. The van der Waals surface area contributed by atoms with Gasteiger partial charge in [0.05, 0.1) is 4.47 Å². The van der Waals surface area contributed by atoms with Gasteiger partial charge in [-0.1, -0.05) is 12.1 Å². The second kappa shape index (κ2) is 6.72. The first-order chi connectivity index (χ1) is 8.58. The Hall–Kier alpha value is -1.93. The fourth-order valence-electron chi connectivity index (χ4n) is 1.18. The molecule has 0 unspecified atom stereocenters. The molecule has 18 heavy (non-hydrogen) atoms. The van der Waals surface area contributed by atoms with Gasteiger partial charge in [0.15, 0.2) is 0 Å². The maximum absolute atomic E-state index is 13.0. The van der Waals surface area contributed by atoms with E-state index in [0.717, 1.165) is 0 Å². The van der Waals surface area contributed by atoms with Crippen LogP contribution < -0.4 is 5.32 Å². The molecule has 1 aromatic rings. The summed E-state index contributed by atoms with van der Waals surface area (Å²) in [7, 11) is 0. The predicted octanol–water partition coefficient (Wildman–Crippen LogP) is 2.80. The molecule has 0 bridgehead atoms. The number of hydrogen-bond acceptors (Lipinski definition) is 2. The second-order valence-electron chi connectivity index (χ2n) is 3.34. The number of rotatable bonds is 4. The van der Waals surface area contributed by atoms with Gasteiger partial charge in [-0.05, 0) is 39.7 Å². The Morgan fingerprint density at radius 2 is 2.33 bits per heavy atom. The van der Waals surface area contributed by atoms with E-state index in [1.54, 1.807) is 6.07 Å². The molecule has 0 saturated carbocycles. The van der Waals surface area contributed by atoms with E-state index in [2.05, 4.69) is 27.8 Å². The van der Waals surface area contributed by atoms with Crippen molar-refractivity contribution in [3.8, 4) is 6.07 Å². The van der Waals surface area contributed by atoms with Crippen LogP contribution in [0.25, 0.3) is 6.08 Å². The highest BCUT2D eigenvalue weighted by molar-refractivity contribution is 9.10. The molecule has 0 fully saturated rings.